The summed E-state index contributed by atoms with van der Waals surface area (Å²) in [4.78, 5) is 10.4. The second-order valence-electron chi connectivity index (χ2n) is 4.11. The van der Waals surface area contributed by atoms with Gasteiger partial charge in [0.25, 0.3) is 5.69 Å². The van der Waals surface area contributed by atoms with Crippen LogP contribution in [0.4, 0.5) is 5.69 Å². The molecule has 0 aliphatic rings. The minimum Gasteiger partial charge on any atom is -0.497 e. The first-order chi connectivity index (χ1) is 10.2. The molecule has 21 heavy (non-hydrogen) atoms. The number of methoxy groups -OCH3 is 1. The molecule has 0 aliphatic carbocycles. The fraction of sp³-hybridized carbons (Fsp3) is 0.133. The van der Waals surface area contributed by atoms with Crippen molar-refractivity contribution in [1.82, 2.24) is 0 Å². The van der Waals surface area contributed by atoms with Crippen molar-refractivity contribution in [3.63, 3.8) is 0 Å². The lowest BCUT2D eigenvalue weighted by Gasteiger charge is -2.10. The smallest absolute Gasteiger partial charge is 0.270 e. The summed E-state index contributed by atoms with van der Waals surface area (Å²) in [5.74, 6) is 1.11. The lowest BCUT2D eigenvalue weighted by molar-refractivity contribution is -0.384. The van der Waals surface area contributed by atoms with Crippen molar-refractivity contribution >= 4 is 5.69 Å². The predicted octanol–water partition coefficient (Wildman–Crippen LogP) is 3.17. The molecule has 0 N–H and O–H groups in total. The van der Waals surface area contributed by atoms with Gasteiger partial charge in [-0.3, -0.25) is 10.1 Å². The summed E-state index contributed by atoms with van der Waals surface area (Å²) in [5, 5.41) is 19.5. The van der Waals surface area contributed by atoms with E-state index in [1.54, 1.807) is 31.4 Å². The Morgan fingerprint density at radius 2 is 1.95 bits per heavy atom. The Bertz CT molecular complexity index is 690. The first-order valence-electron chi connectivity index (χ1n) is 6.08. The maximum atomic E-state index is 10.9. The van der Waals surface area contributed by atoms with Crippen molar-refractivity contribution in [3.05, 3.63) is 52.6 Å². The number of nitrogens with zero attached hydrogens (tertiary/aromatic N) is 2. The monoisotopic (exact) mass is 284 g/mol. The van der Waals surface area contributed by atoms with Gasteiger partial charge in [0.05, 0.1) is 12.0 Å². The highest BCUT2D eigenvalue weighted by molar-refractivity contribution is 5.73. The first kappa shape index (κ1) is 14.3. The van der Waals surface area contributed by atoms with E-state index in [0.29, 0.717) is 17.1 Å². The summed E-state index contributed by atoms with van der Waals surface area (Å²) >= 11 is 0. The molecule has 0 unspecified atom stereocenters. The van der Waals surface area contributed by atoms with Gasteiger partial charge in [0.15, 0.2) is 6.61 Å². The van der Waals surface area contributed by atoms with E-state index in [-0.39, 0.29) is 12.3 Å². The van der Waals surface area contributed by atoms with E-state index in [2.05, 4.69) is 0 Å². The first-order valence-corrected chi connectivity index (χ1v) is 6.08. The van der Waals surface area contributed by atoms with E-state index in [4.69, 9.17) is 14.7 Å². The third-order valence-electron chi connectivity index (χ3n) is 2.87. The van der Waals surface area contributed by atoms with Gasteiger partial charge in [-0.2, -0.15) is 5.26 Å². The molecule has 106 valence electrons. The highest BCUT2D eigenvalue weighted by atomic mass is 16.6. The molecule has 0 amide bonds. The third-order valence-corrected chi connectivity index (χ3v) is 2.87. The fourth-order valence-electron chi connectivity index (χ4n) is 1.86. The summed E-state index contributed by atoms with van der Waals surface area (Å²) in [6, 6.07) is 13.2. The zero-order valence-electron chi connectivity index (χ0n) is 11.3. The lowest BCUT2D eigenvalue weighted by atomic mass is 10.0. The van der Waals surface area contributed by atoms with Gasteiger partial charge in [0.1, 0.15) is 17.6 Å². The van der Waals surface area contributed by atoms with Crippen LogP contribution in [-0.2, 0) is 0 Å². The van der Waals surface area contributed by atoms with Crippen LogP contribution in [0.5, 0.6) is 11.5 Å². The van der Waals surface area contributed by atoms with E-state index < -0.39 is 4.92 Å². The van der Waals surface area contributed by atoms with Gasteiger partial charge >= 0.3 is 0 Å². The number of nitro benzene ring substituents is 1. The summed E-state index contributed by atoms with van der Waals surface area (Å²) in [6.45, 7) is -0.124. The molecule has 0 aromatic heterocycles. The molecule has 0 saturated carbocycles. The number of nitriles is 1. The maximum absolute atomic E-state index is 10.9. The van der Waals surface area contributed by atoms with Crippen molar-refractivity contribution in [1.29, 1.82) is 5.26 Å². The molecular weight excluding hydrogens is 272 g/mol. The highest BCUT2D eigenvalue weighted by Gasteiger charge is 2.13. The Kier molecular flexibility index (Phi) is 4.36. The minimum absolute atomic E-state index is 0.0369. The molecule has 6 nitrogen and oxygen atoms in total. The average molecular weight is 284 g/mol. The van der Waals surface area contributed by atoms with Crippen LogP contribution < -0.4 is 9.47 Å². The summed E-state index contributed by atoms with van der Waals surface area (Å²) < 4.78 is 10.4. The van der Waals surface area contributed by atoms with Crippen LogP contribution in [0.3, 0.4) is 0 Å². The zero-order valence-corrected chi connectivity index (χ0v) is 11.3. The maximum Gasteiger partial charge on any atom is 0.270 e. The van der Waals surface area contributed by atoms with Gasteiger partial charge in [0.2, 0.25) is 0 Å². The van der Waals surface area contributed by atoms with Crippen molar-refractivity contribution in [2.24, 2.45) is 0 Å². The van der Waals surface area contributed by atoms with E-state index in [9.17, 15) is 10.1 Å². The molecule has 2 aromatic carbocycles. The number of rotatable bonds is 5. The Balaban J connectivity index is 2.48. The van der Waals surface area contributed by atoms with Gasteiger partial charge in [-0.05, 0) is 23.8 Å². The molecular formula is C15H12N2O4. The van der Waals surface area contributed by atoms with Gasteiger partial charge in [-0.1, -0.05) is 12.1 Å². The third kappa shape index (κ3) is 3.28. The van der Waals surface area contributed by atoms with Crippen molar-refractivity contribution in [2.75, 3.05) is 13.7 Å². The van der Waals surface area contributed by atoms with Crippen LogP contribution in [0.15, 0.2) is 42.5 Å². The lowest BCUT2D eigenvalue weighted by Crippen LogP contribution is -1.97. The second-order valence-corrected chi connectivity index (χ2v) is 4.11. The number of hydrogen-bond donors (Lipinski definition) is 0. The Labute approximate surface area is 121 Å². The average Bonchev–Trinajstić information content (AvgIpc) is 2.52. The molecule has 0 aliphatic heterocycles. The molecule has 0 spiro atoms. The molecule has 6 heteroatoms. The predicted molar refractivity (Wildman–Crippen MR) is 76.2 cm³/mol. The van der Waals surface area contributed by atoms with Crippen LogP contribution in [0, 0.1) is 21.4 Å². The number of ether oxygens (including phenoxy) is 2. The fourth-order valence-corrected chi connectivity index (χ4v) is 1.86. The largest absolute Gasteiger partial charge is 0.497 e. The standard InChI is InChI=1S/C15H12N2O4/c1-20-13-5-2-11(3-6-13)14-10-12(17(18)19)4-7-15(14)21-9-8-16/h2-7,10H,9H2,1H3. The zero-order chi connectivity index (χ0) is 15.2. The summed E-state index contributed by atoms with van der Waals surface area (Å²) in [7, 11) is 1.56. The normalized spacial score (nSPS) is 9.71. The summed E-state index contributed by atoms with van der Waals surface area (Å²) in [6.07, 6.45) is 0. The highest BCUT2D eigenvalue weighted by Crippen LogP contribution is 2.34. The minimum atomic E-state index is -0.471. The van der Waals surface area contributed by atoms with Gasteiger partial charge in [-0.15, -0.1) is 0 Å². The van der Waals surface area contributed by atoms with E-state index in [1.165, 1.54) is 18.2 Å². The van der Waals surface area contributed by atoms with Gasteiger partial charge in [-0.25, -0.2) is 0 Å². The van der Waals surface area contributed by atoms with Crippen LogP contribution in [0.2, 0.25) is 0 Å². The molecule has 2 rings (SSSR count). The molecule has 0 atom stereocenters. The SMILES string of the molecule is COc1ccc(-c2cc([N+](=O)[O-])ccc2OCC#N)cc1. The number of hydrogen-bond acceptors (Lipinski definition) is 5. The molecule has 0 bridgehead atoms. The van der Waals surface area contributed by atoms with Crippen molar-refractivity contribution < 1.29 is 14.4 Å². The van der Waals surface area contributed by atoms with E-state index >= 15 is 0 Å². The van der Waals surface area contributed by atoms with E-state index in [0.717, 1.165) is 5.56 Å². The van der Waals surface area contributed by atoms with Crippen LogP contribution in [-0.4, -0.2) is 18.6 Å². The van der Waals surface area contributed by atoms with Crippen molar-refractivity contribution in [2.45, 2.75) is 0 Å². The van der Waals surface area contributed by atoms with Crippen LogP contribution in [0.1, 0.15) is 0 Å². The topological polar surface area (TPSA) is 85.4 Å². The molecule has 2 aromatic rings. The molecule has 0 radical (unpaired) electrons. The number of benzene rings is 2. The molecule has 0 saturated heterocycles. The summed E-state index contributed by atoms with van der Waals surface area (Å²) in [5.41, 5.74) is 1.26. The Morgan fingerprint density at radius 3 is 2.52 bits per heavy atom. The number of non-ortho nitro benzene ring substituents is 1. The van der Waals surface area contributed by atoms with E-state index in [1.807, 2.05) is 6.07 Å². The van der Waals surface area contributed by atoms with Crippen molar-refractivity contribution in [3.8, 4) is 28.7 Å². The Hall–Kier alpha value is -3.07. The molecule has 0 heterocycles. The second kappa shape index (κ2) is 6.39. The number of nitro groups is 1. The Morgan fingerprint density at radius 1 is 1.24 bits per heavy atom. The molecule has 0 fully saturated rings. The van der Waals surface area contributed by atoms with Gasteiger partial charge < -0.3 is 9.47 Å². The van der Waals surface area contributed by atoms with Crippen LogP contribution in [0.25, 0.3) is 11.1 Å². The van der Waals surface area contributed by atoms with Crippen LogP contribution >= 0.6 is 0 Å². The quantitative estimate of drug-likeness (QED) is 0.621. The van der Waals surface area contributed by atoms with Gasteiger partial charge in [0, 0.05) is 17.7 Å².